The quantitative estimate of drug-likeness (QED) is 0.228. The summed E-state index contributed by atoms with van der Waals surface area (Å²) in [6.45, 7) is 20.5. The summed E-state index contributed by atoms with van der Waals surface area (Å²) in [5, 5.41) is 0. The predicted molar refractivity (Wildman–Crippen MR) is 99.9 cm³/mol. The molecule has 0 atom stereocenters. The second-order valence-corrected chi connectivity index (χ2v) is 6.05. The van der Waals surface area contributed by atoms with Crippen molar-refractivity contribution in [3.05, 3.63) is 0 Å². The van der Waals surface area contributed by atoms with Crippen molar-refractivity contribution >= 4 is 5.96 Å². The Hall–Kier alpha value is -0.730. The first kappa shape index (κ1) is 21.3. The van der Waals surface area contributed by atoms with E-state index in [-0.39, 0.29) is 0 Å². The number of hydrogen-bond donors (Lipinski definition) is 0. The zero-order chi connectivity index (χ0) is 16.8. The molecule has 22 heavy (non-hydrogen) atoms. The van der Waals surface area contributed by atoms with Crippen LogP contribution >= 0.6 is 0 Å². The first-order chi connectivity index (χ1) is 10.7. The van der Waals surface area contributed by atoms with E-state index in [4.69, 9.17) is 0 Å². The Labute approximate surface area is 140 Å². The van der Waals surface area contributed by atoms with Gasteiger partial charge in [0.2, 0.25) is 0 Å². The molecule has 0 aromatic carbocycles. The molecule has 0 aromatic rings. The summed E-state index contributed by atoms with van der Waals surface area (Å²) in [7, 11) is 0. The van der Waals surface area contributed by atoms with Crippen LogP contribution in [0.4, 0.5) is 0 Å². The van der Waals surface area contributed by atoms with Crippen LogP contribution in [0.5, 0.6) is 0 Å². The lowest BCUT2D eigenvalue weighted by Crippen LogP contribution is -2.50. The Bertz CT molecular complexity index is 252. The summed E-state index contributed by atoms with van der Waals surface area (Å²) in [6, 6.07) is 0. The van der Waals surface area contributed by atoms with Gasteiger partial charge in [0.05, 0.1) is 39.3 Å². The normalized spacial score (nSPS) is 10.6. The lowest BCUT2D eigenvalue weighted by Gasteiger charge is -2.28. The van der Waals surface area contributed by atoms with E-state index < -0.39 is 0 Å². The van der Waals surface area contributed by atoms with Crippen molar-refractivity contribution in [3.63, 3.8) is 0 Å². The molecule has 3 heteroatoms. The van der Waals surface area contributed by atoms with Crippen molar-refractivity contribution in [2.45, 2.75) is 80.1 Å². The monoisotopic (exact) mass is 312 g/mol. The van der Waals surface area contributed by atoms with Gasteiger partial charge in [-0.1, -0.05) is 39.5 Å². The molecule has 0 aromatic heterocycles. The van der Waals surface area contributed by atoms with Gasteiger partial charge in [0, 0.05) is 0 Å². The zero-order valence-electron chi connectivity index (χ0n) is 16.3. The molecule has 0 bridgehead atoms. The van der Waals surface area contributed by atoms with E-state index in [1.807, 2.05) is 0 Å². The third kappa shape index (κ3) is 7.51. The first-order valence-electron chi connectivity index (χ1n) is 9.81. The minimum absolute atomic E-state index is 1.10. The van der Waals surface area contributed by atoms with E-state index in [9.17, 15) is 0 Å². The van der Waals surface area contributed by atoms with Crippen LogP contribution in [0.2, 0.25) is 0 Å². The number of nitrogens with zero attached hydrogens (tertiary/aromatic N) is 3. The van der Waals surface area contributed by atoms with Gasteiger partial charge in [-0.15, -0.1) is 0 Å². The molecule has 3 nitrogen and oxygen atoms in total. The predicted octanol–water partition coefficient (Wildman–Crippen LogP) is 4.42. The summed E-state index contributed by atoms with van der Waals surface area (Å²) < 4.78 is 2.67. The molecule has 0 radical (unpaired) electrons. The minimum Gasteiger partial charge on any atom is -0.265 e. The van der Waals surface area contributed by atoms with E-state index in [0.29, 0.717) is 0 Å². The summed E-state index contributed by atoms with van der Waals surface area (Å²) in [6.07, 6.45) is 7.91. The summed E-state index contributed by atoms with van der Waals surface area (Å²) in [5.74, 6) is 1.47. The van der Waals surface area contributed by atoms with Gasteiger partial charge >= 0.3 is 5.96 Å². The Morgan fingerprint density at radius 1 is 0.591 bits per heavy atom. The number of unbranched alkanes of at least 4 members (excludes halogenated alkanes) is 4. The molecule has 0 rings (SSSR count). The van der Waals surface area contributed by atoms with Crippen molar-refractivity contribution in [1.29, 1.82) is 0 Å². The molecule has 0 N–H and O–H groups in total. The highest BCUT2D eigenvalue weighted by molar-refractivity contribution is 5.75. The van der Waals surface area contributed by atoms with Crippen LogP contribution in [0.25, 0.3) is 0 Å². The minimum atomic E-state index is 1.10. The van der Waals surface area contributed by atoms with Gasteiger partial charge in [0.15, 0.2) is 0 Å². The Balaban J connectivity index is 5.37. The lowest BCUT2D eigenvalue weighted by molar-refractivity contribution is -0.539. The summed E-state index contributed by atoms with van der Waals surface area (Å²) >= 11 is 0. The van der Waals surface area contributed by atoms with Gasteiger partial charge < -0.3 is 0 Å². The molecule has 0 unspecified atom stereocenters. The number of guanidine groups is 1. The van der Waals surface area contributed by atoms with Crippen LogP contribution < -0.4 is 0 Å². The van der Waals surface area contributed by atoms with Crippen LogP contribution in [0.1, 0.15) is 80.1 Å². The van der Waals surface area contributed by atoms with Crippen LogP contribution in [0.15, 0.2) is 0 Å². The molecule has 0 saturated carbocycles. The van der Waals surface area contributed by atoms with Crippen LogP contribution in [0.3, 0.4) is 0 Å². The van der Waals surface area contributed by atoms with Crippen molar-refractivity contribution in [2.75, 3.05) is 39.3 Å². The molecule has 0 amide bonds. The van der Waals surface area contributed by atoms with Gasteiger partial charge in [-0.25, -0.2) is 0 Å². The molecule has 0 aliphatic carbocycles. The fourth-order valence-electron chi connectivity index (χ4n) is 3.03. The van der Waals surface area contributed by atoms with Gasteiger partial charge in [0.1, 0.15) is 0 Å². The van der Waals surface area contributed by atoms with E-state index in [1.54, 1.807) is 0 Å². The molecule has 0 aliphatic heterocycles. The third-order valence-electron chi connectivity index (χ3n) is 4.44. The third-order valence-corrected chi connectivity index (χ3v) is 4.44. The molecule has 0 saturated heterocycles. The van der Waals surface area contributed by atoms with Gasteiger partial charge in [0.25, 0.3) is 0 Å². The second-order valence-electron chi connectivity index (χ2n) is 6.05. The molecule has 0 heterocycles. The highest BCUT2D eigenvalue weighted by atomic mass is 15.4. The highest BCUT2D eigenvalue weighted by Gasteiger charge is 2.25. The van der Waals surface area contributed by atoms with E-state index >= 15 is 0 Å². The molecule has 0 aliphatic rings. The van der Waals surface area contributed by atoms with Crippen molar-refractivity contribution in [1.82, 2.24) is 9.80 Å². The maximum atomic E-state index is 2.67. The molecular formula is C19H42N3+. The molecule has 0 spiro atoms. The van der Waals surface area contributed by atoms with E-state index in [0.717, 1.165) is 26.2 Å². The standard InChI is InChI=1S/C19H42N3/c1-7-13-15-17-22(18-16-14-8-2)19(20(9-3)10-4)21(11-5)12-6/h7-18H2,1-6H3/q+1. The fourth-order valence-corrected chi connectivity index (χ4v) is 3.03. The van der Waals surface area contributed by atoms with Gasteiger partial charge in [-0.05, 0) is 40.5 Å². The highest BCUT2D eigenvalue weighted by Crippen LogP contribution is 2.05. The first-order valence-corrected chi connectivity index (χ1v) is 9.81. The molecule has 132 valence electrons. The Kier molecular flexibility index (Phi) is 13.4. The van der Waals surface area contributed by atoms with Crippen molar-refractivity contribution < 1.29 is 4.58 Å². The average Bonchev–Trinajstić information content (AvgIpc) is 2.54. The smallest absolute Gasteiger partial charge is 0.265 e. The summed E-state index contributed by atoms with van der Waals surface area (Å²) in [5.41, 5.74) is 0. The lowest BCUT2D eigenvalue weighted by atomic mass is 10.2. The van der Waals surface area contributed by atoms with Crippen LogP contribution in [-0.4, -0.2) is 59.6 Å². The topological polar surface area (TPSA) is 9.49 Å². The maximum Gasteiger partial charge on any atom is 0.350 e. The number of rotatable bonds is 12. The SMILES string of the molecule is CCCCC[N+](CCCCC)=C(N(CC)CC)N(CC)CC. The number of hydrogen-bond acceptors (Lipinski definition) is 0. The Morgan fingerprint density at radius 2 is 0.955 bits per heavy atom. The fraction of sp³-hybridized carbons (Fsp3) is 0.947. The maximum absolute atomic E-state index is 2.67. The van der Waals surface area contributed by atoms with Gasteiger partial charge in [-0.2, -0.15) is 0 Å². The zero-order valence-corrected chi connectivity index (χ0v) is 16.3. The van der Waals surface area contributed by atoms with Crippen molar-refractivity contribution in [2.24, 2.45) is 0 Å². The Morgan fingerprint density at radius 3 is 1.23 bits per heavy atom. The summed E-state index contributed by atoms with van der Waals surface area (Å²) in [4.78, 5) is 5.09. The van der Waals surface area contributed by atoms with Crippen LogP contribution in [-0.2, 0) is 0 Å². The van der Waals surface area contributed by atoms with Crippen molar-refractivity contribution in [3.8, 4) is 0 Å². The second kappa shape index (κ2) is 13.9. The van der Waals surface area contributed by atoms with Gasteiger partial charge in [-0.3, -0.25) is 14.4 Å². The molecule has 0 fully saturated rings. The largest absolute Gasteiger partial charge is 0.350 e. The molecular weight excluding hydrogens is 270 g/mol. The average molecular weight is 313 g/mol. The van der Waals surface area contributed by atoms with Crippen LogP contribution in [0, 0.1) is 0 Å². The van der Waals surface area contributed by atoms with E-state index in [1.165, 1.54) is 57.6 Å². The van der Waals surface area contributed by atoms with E-state index in [2.05, 4.69) is 55.9 Å².